The van der Waals surface area contributed by atoms with Gasteiger partial charge < -0.3 is 5.73 Å². The largest absolute Gasteiger partial charge is 0.399 e. The monoisotopic (exact) mass is 299 g/mol. The Morgan fingerprint density at radius 1 is 1.45 bits per heavy atom. The van der Waals surface area contributed by atoms with Crippen molar-refractivity contribution in [1.29, 1.82) is 0 Å². The molecule has 8 heteroatoms. The molecule has 3 N–H and O–H groups in total. The minimum absolute atomic E-state index is 0.155. The number of anilines is 1. The second-order valence-corrected chi connectivity index (χ2v) is 6.77. The molecular formula is C12H17N3O4S. The summed E-state index contributed by atoms with van der Waals surface area (Å²) in [6.07, 6.45) is 3.06. The van der Waals surface area contributed by atoms with Gasteiger partial charge in [-0.25, -0.2) is 13.1 Å². The van der Waals surface area contributed by atoms with Gasteiger partial charge in [0, 0.05) is 17.8 Å². The fourth-order valence-electron chi connectivity index (χ4n) is 2.25. The standard InChI is InChI=1S/C12H17N3O4S/c1-8(9-3-2-4-9)14-20(18,19)12-6-5-10(13)7-11(12)15(16)17/h5-9,14H,2-4,13H2,1H3. The van der Waals surface area contributed by atoms with Crippen LogP contribution in [0.4, 0.5) is 11.4 Å². The van der Waals surface area contributed by atoms with Crippen LogP contribution in [0.5, 0.6) is 0 Å². The van der Waals surface area contributed by atoms with Crippen LogP contribution in [-0.2, 0) is 10.0 Å². The molecule has 0 amide bonds. The molecule has 1 saturated carbocycles. The molecule has 0 spiro atoms. The normalized spacial score (nSPS) is 17.4. The van der Waals surface area contributed by atoms with E-state index >= 15 is 0 Å². The van der Waals surface area contributed by atoms with E-state index in [1.54, 1.807) is 6.92 Å². The van der Waals surface area contributed by atoms with Crippen LogP contribution in [0.2, 0.25) is 0 Å². The number of hydrogen-bond acceptors (Lipinski definition) is 5. The predicted octanol–water partition coefficient (Wildman–Crippen LogP) is 1.64. The lowest BCUT2D eigenvalue weighted by molar-refractivity contribution is -0.387. The van der Waals surface area contributed by atoms with Gasteiger partial charge in [0.05, 0.1) is 4.92 Å². The Hall–Kier alpha value is -1.67. The van der Waals surface area contributed by atoms with E-state index in [-0.39, 0.29) is 16.6 Å². The molecule has 7 nitrogen and oxygen atoms in total. The van der Waals surface area contributed by atoms with Gasteiger partial charge in [-0.15, -0.1) is 0 Å². The van der Waals surface area contributed by atoms with E-state index in [2.05, 4.69) is 4.72 Å². The maximum atomic E-state index is 12.3. The number of nitrogen functional groups attached to an aromatic ring is 1. The van der Waals surface area contributed by atoms with Crippen molar-refractivity contribution in [2.45, 2.75) is 37.1 Å². The molecule has 0 heterocycles. The van der Waals surface area contributed by atoms with Crippen molar-refractivity contribution in [1.82, 2.24) is 4.72 Å². The van der Waals surface area contributed by atoms with Crippen LogP contribution in [0.1, 0.15) is 26.2 Å². The second-order valence-electron chi connectivity index (χ2n) is 5.09. The molecule has 1 atom stereocenters. The predicted molar refractivity (Wildman–Crippen MR) is 74.6 cm³/mol. The fourth-order valence-corrected chi connectivity index (χ4v) is 3.71. The molecule has 1 fully saturated rings. The quantitative estimate of drug-likeness (QED) is 0.487. The highest BCUT2D eigenvalue weighted by Crippen LogP contribution is 2.31. The van der Waals surface area contributed by atoms with Gasteiger partial charge in [-0.2, -0.15) is 0 Å². The van der Waals surface area contributed by atoms with E-state index in [0.717, 1.165) is 25.3 Å². The first-order valence-corrected chi connectivity index (χ1v) is 7.86. The summed E-state index contributed by atoms with van der Waals surface area (Å²) in [5.41, 5.74) is 5.12. The van der Waals surface area contributed by atoms with Crippen LogP contribution in [0, 0.1) is 16.0 Å². The summed E-state index contributed by atoms with van der Waals surface area (Å²) < 4.78 is 27.1. The summed E-state index contributed by atoms with van der Waals surface area (Å²) in [6, 6.07) is 3.34. The Balaban J connectivity index is 2.31. The minimum atomic E-state index is -3.92. The molecule has 20 heavy (non-hydrogen) atoms. The van der Waals surface area contributed by atoms with Crippen molar-refractivity contribution in [2.24, 2.45) is 5.92 Å². The number of nitrogens with zero attached hydrogens (tertiary/aromatic N) is 1. The maximum absolute atomic E-state index is 12.3. The molecule has 1 unspecified atom stereocenters. The van der Waals surface area contributed by atoms with Gasteiger partial charge in [0.2, 0.25) is 10.0 Å². The van der Waals surface area contributed by atoms with E-state index in [0.29, 0.717) is 5.92 Å². The molecule has 1 aromatic rings. The summed E-state index contributed by atoms with van der Waals surface area (Å²) in [5.74, 6) is 0.303. The first-order chi connectivity index (χ1) is 9.31. The van der Waals surface area contributed by atoms with Crippen molar-refractivity contribution in [3.8, 4) is 0 Å². The molecule has 2 rings (SSSR count). The van der Waals surface area contributed by atoms with Crippen LogP contribution in [-0.4, -0.2) is 19.4 Å². The van der Waals surface area contributed by atoms with Crippen LogP contribution in [0.3, 0.4) is 0 Å². The highest BCUT2D eigenvalue weighted by Gasteiger charge is 2.31. The van der Waals surface area contributed by atoms with Gasteiger partial charge in [-0.05, 0) is 37.8 Å². The van der Waals surface area contributed by atoms with Crippen molar-refractivity contribution < 1.29 is 13.3 Å². The smallest absolute Gasteiger partial charge is 0.291 e. The third-order valence-electron chi connectivity index (χ3n) is 3.67. The van der Waals surface area contributed by atoms with Crippen LogP contribution >= 0.6 is 0 Å². The molecule has 0 bridgehead atoms. The highest BCUT2D eigenvalue weighted by molar-refractivity contribution is 7.89. The highest BCUT2D eigenvalue weighted by atomic mass is 32.2. The minimum Gasteiger partial charge on any atom is -0.399 e. The molecule has 1 aliphatic rings. The summed E-state index contributed by atoms with van der Waals surface area (Å²) in [6.45, 7) is 1.78. The third kappa shape index (κ3) is 2.91. The first kappa shape index (κ1) is 14.7. The Kier molecular flexibility index (Phi) is 3.96. The van der Waals surface area contributed by atoms with Crippen molar-refractivity contribution in [3.05, 3.63) is 28.3 Å². The number of hydrogen-bond donors (Lipinski definition) is 2. The van der Waals surface area contributed by atoms with Crippen molar-refractivity contribution >= 4 is 21.4 Å². The lowest BCUT2D eigenvalue weighted by Crippen LogP contribution is -2.40. The average Bonchev–Trinajstić information content (AvgIpc) is 2.24. The molecule has 0 radical (unpaired) electrons. The zero-order chi connectivity index (χ0) is 14.9. The zero-order valence-electron chi connectivity index (χ0n) is 11.1. The molecule has 0 aromatic heterocycles. The van der Waals surface area contributed by atoms with Gasteiger partial charge in [-0.1, -0.05) is 6.42 Å². The molecule has 0 aliphatic heterocycles. The van der Waals surface area contributed by atoms with Crippen LogP contribution in [0.15, 0.2) is 23.1 Å². The van der Waals surface area contributed by atoms with Crippen molar-refractivity contribution in [3.63, 3.8) is 0 Å². The van der Waals surface area contributed by atoms with E-state index in [9.17, 15) is 18.5 Å². The third-order valence-corrected chi connectivity index (χ3v) is 5.27. The van der Waals surface area contributed by atoms with E-state index in [4.69, 9.17) is 5.73 Å². The van der Waals surface area contributed by atoms with Crippen molar-refractivity contribution in [2.75, 3.05) is 5.73 Å². The molecule has 0 saturated heterocycles. The van der Waals surface area contributed by atoms with Crippen LogP contribution < -0.4 is 10.5 Å². The molecule has 110 valence electrons. The Bertz CT molecular complexity index is 626. The molecule has 1 aliphatic carbocycles. The number of rotatable bonds is 5. The topological polar surface area (TPSA) is 115 Å². The molecule has 1 aromatic carbocycles. The Morgan fingerprint density at radius 2 is 2.10 bits per heavy atom. The maximum Gasteiger partial charge on any atom is 0.291 e. The molecular weight excluding hydrogens is 282 g/mol. The van der Waals surface area contributed by atoms with E-state index < -0.39 is 20.6 Å². The number of nitrogens with one attached hydrogen (secondary N) is 1. The van der Waals surface area contributed by atoms with Crippen LogP contribution in [0.25, 0.3) is 0 Å². The zero-order valence-corrected chi connectivity index (χ0v) is 11.9. The van der Waals surface area contributed by atoms with E-state index in [1.165, 1.54) is 12.1 Å². The Labute approximate surface area is 117 Å². The van der Waals surface area contributed by atoms with Gasteiger partial charge in [0.1, 0.15) is 0 Å². The Morgan fingerprint density at radius 3 is 2.60 bits per heavy atom. The van der Waals surface area contributed by atoms with Gasteiger partial charge in [-0.3, -0.25) is 10.1 Å². The van der Waals surface area contributed by atoms with Gasteiger partial charge in [0.15, 0.2) is 4.90 Å². The first-order valence-electron chi connectivity index (χ1n) is 6.37. The summed E-state index contributed by atoms with van der Waals surface area (Å²) in [4.78, 5) is 9.88. The van der Waals surface area contributed by atoms with Gasteiger partial charge >= 0.3 is 0 Å². The summed E-state index contributed by atoms with van der Waals surface area (Å²) >= 11 is 0. The second kappa shape index (κ2) is 5.37. The summed E-state index contributed by atoms with van der Waals surface area (Å²) in [7, 11) is -3.92. The number of nitrogens with two attached hydrogens (primary N) is 1. The van der Waals surface area contributed by atoms with E-state index in [1.807, 2.05) is 0 Å². The van der Waals surface area contributed by atoms with Gasteiger partial charge in [0.25, 0.3) is 5.69 Å². The lowest BCUT2D eigenvalue weighted by Gasteiger charge is -2.31. The average molecular weight is 299 g/mol. The number of nitro benzene ring substituents is 1. The lowest BCUT2D eigenvalue weighted by atomic mass is 9.81. The number of sulfonamides is 1. The SMILES string of the molecule is CC(NS(=O)(=O)c1ccc(N)cc1[N+](=O)[O-])C1CCC1. The fraction of sp³-hybridized carbons (Fsp3) is 0.500. The number of nitro groups is 1. The number of benzene rings is 1. The summed E-state index contributed by atoms with van der Waals surface area (Å²) in [5, 5.41) is 11.0.